The summed E-state index contributed by atoms with van der Waals surface area (Å²) in [6, 6.07) is 5.30. The monoisotopic (exact) mass is 291 g/mol. The van der Waals surface area contributed by atoms with E-state index < -0.39 is 0 Å². The van der Waals surface area contributed by atoms with Crippen LogP contribution in [-0.4, -0.2) is 14.9 Å². The maximum Gasteiger partial charge on any atom is 0.128 e. The largest absolute Gasteiger partial charge is 0.392 e. The Hall–Kier alpha value is -1.72. The van der Waals surface area contributed by atoms with Gasteiger partial charge >= 0.3 is 0 Å². The Kier molecular flexibility index (Phi) is 5.09. The van der Waals surface area contributed by atoms with Crippen LogP contribution in [0.25, 0.3) is 0 Å². The van der Waals surface area contributed by atoms with E-state index in [1.54, 1.807) is 12.1 Å². The third-order valence-electron chi connectivity index (χ3n) is 3.54. The fraction of sp³-hybridized carbons (Fsp3) is 0.438. The number of rotatable bonds is 6. The van der Waals surface area contributed by atoms with E-state index in [0.29, 0.717) is 18.2 Å². The minimum Gasteiger partial charge on any atom is -0.392 e. The fourth-order valence-corrected chi connectivity index (χ4v) is 2.11. The van der Waals surface area contributed by atoms with Gasteiger partial charge in [0.1, 0.15) is 5.82 Å². The molecule has 0 fully saturated rings. The first-order valence-electron chi connectivity index (χ1n) is 7.17. The lowest BCUT2D eigenvalue weighted by Crippen LogP contribution is -2.18. The summed E-state index contributed by atoms with van der Waals surface area (Å²) in [4.78, 5) is 0. The molecule has 2 aromatic rings. The number of nitrogens with one attached hydrogen (secondary N) is 1. The molecule has 0 aliphatic carbocycles. The second-order valence-corrected chi connectivity index (χ2v) is 5.53. The average molecular weight is 291 g/mol. The second-order valence-electron chi connectivity index (χ2n) is 5.53. The van der Waals surface area contributed by atoms with E-state index in [9.17, 15) is 4.39 Å². The Labute approximate surface area is 124 Å². The highest BCUT2D eigenvalue weighted by Gasteiger charge is 2.10. The quantitative estimate of drug-likeness (QED) is 0.860. The summed E-state index contributed by atoms with van der Waals surface area (Å²) in [5.41, 5.74) is 2.39. The summed E-state index contributed by atoms with van der Waals surface area (Å²) in [5.74, 6) is -0.368. The van der Waals surface area contributed by atoms with E-state index in [-0.39, 0.29) is 18.5 Å². The maximum atomic E-state index is 13.3. The highest BCUT2D eigenvalue weighted by Crippen LogP contribution is 2.15. The average Bonchev–Trinajstić information content (AvgIpc) is 2.96. The van der Waals surface area contributed by atoms with Crippen LogP contribution in [0.2, 0.25) is 0 Å². The van der Waals surface area contributed by atoms with E-state index in [1.807, 2.05) is 17.1 Å². The van der Waals surface area contributed by atoms with Gasteiger partial charge in [-0.2, -0.15) is 5.10 Å². The molecule has 1 unspecified atom stereocenters. The summed E-state index contributed by atoms with van der Waals surface area (Å²) >= 11 is 0. The number of hydrogen-bond donors (Lipinski definition) is 2. The van der Waals surface area contributed by atoms with Gasteiger partial charge in [-0.05, 0) is 38.5 Å². The highest BCUT2D eigenvalue weighted by molar-refractivity contribution is 5.24. The van der Waals surface area contributed by atoms with E-state index in [0.717, 1.165) is 11.1 Å². The van der Waals surface area contributed by atoms with E-state index in [2.05, 4.69) is 31.2 Å². The molecule has 0 bridgehead atoms. The highest BCUT2D eigenvalue weighted by atomic mass is 19.1. The van der Waals surface area contributed by atoms with Crippen LogP contribution in [0.4, 0.5) is 4.39 Å². The molecule has 0 aliphatic rings. The summed E-state index contributed by atoms with van der Waals surface area (Å²) in [7, 11) is 0. The SMILES string of the molecule is CC(NCc1ccc(F)c(CO)c1)c1cnn(C(C)C)c1. The third-order valence-corrected chi connectivity index (χ3v) is 3.54. The van der Waals surface area contributed by atoms with Gasteiger partial charge in [0.2, 0.25) is 0 Å². The van der Waals surface area contributed by atoms with E-state index in [4.69, 9.17) is 5.11 Å². The molecular formula is C16H22FN3O. The van der Waals surface area contributed by atoms with Crippen LogP contribution in [0.1, 0.15) is 49.5 Å². The number of aromatic nitrogens is 2. The van der Waals surface area contributed by atoms with Gasteiger partial charge in [0, 0.05) is 36.0 Å². The minimum absolute atomic E-state index is 0.153. The molecule has 5 heteroatoms. The van der Waals surface area contributed by atoms with E-state index in [1.165, 1.54) is 6.07 Å². The molecule has 0 spiro atoms. The Morgan fingerprint density at radius 2 is 2.10 bits per heavy atom. The van der Waals surface area contributed by atoms with E-state index >= 15 is 0 Å². The predicted octanol–water partition coefficient (Wildman–Crippen LogP) is 2.95. The van der Waals surface area contributed by atoms with Gasteiger partial charge < -0.3 is 10.4 Å². The Morgan fingerprint density at radius 1 is 1.33 bits per heavy atom. The number of hydrogen-bond acceptors (Lipinski definition) is 3. The van der Waals surface area contributed by atoms with Crippen LogP contribution in [0, 0.1) is 5.82 Å². The summed E-state index contributed by atoms with van der Waals surface area (Å²) < 4.78 is 15.2. The lowest BCUT2D eigenvalue weighted by atomic mass is 10.1. The number of halogens is 1. The molecule has 1 heterocycles. The van der Waals surface area contributed by atoms with Crippen molar-refractivity contribution in [1.29, 1.82) is 0 Å². The van der Waals surface area contributed by atoms with Gasteiger partial charge in [0.05, 0.1) is 12.8 Å². The second kappa shape index (κ2) is 6.83. The maximum absolute atomic E-state index is 13.3. The van der Waals surface area contributed by atoms with Gasteiger partial charge in [0.25, 0.3) is 0 Å². The molecular weight excluding hydrogens is 269 g/mol. The summed E-state index contributed by atoms with van der Waals surface area (Å²) in [5, 5.41) is 16.8. The zero-order valence-corrected chi connectivity index (χ0v) is 12.7. The molecule has 4 nitrogen and oxygen atoms in total. The number of aliphatic hydroxyl groups is 1. The Bertz CT molecular complexity index is 595. The molecule has 0 aliphatic heterocycles. The zero-order valence-electron chi connectivity index (χ0n) is 12.7. The molecule has 21 heavy (non-hydrogen) atoms. The first-order valence-corrected chi connectivity index (χ1v) is 7.17. The molecule has 114 valence electrons. The number of benzene rings is 1. The number of nitrogens with zero attached hydrogens (tertiary/aromatic N) is 2. The zero-order chi connectivity index (χ0) is 15.4. The molecule has 1 atom stereocenters. The fourth-order valence-electron chi connectivity index (χ4n) is 2.11. The van der Waals surface area contributed by atoms with Gasteiger partial charge in [-0.3, -0.25) is 4.68 Å². The van der Waals surface area contributed by atoms with Gasteiger partial charge in [-0.1, -0.05) is 6.07 Å². The Morgan fingerprint density at radius 3 is 2.71 bits per heavy atom. The van der Waals surface area contributed by atoms with Gasteiger partial charge in [-0.15, -0.1) is 0 Å². The molecule has 0 saturated heterocycles. The molecule has 0 radical (unpaired) electrons. The molecule has 2 N–H and O–H groups in total. The standard InChI is InChI=1S/C16H22FN3O/c1-11(2)20-9-15(8-19-20)12(3)18-7-13-4-5-16(17)14(6-13)10-21/h4-6,8-9,11-12,18,21H,7,10H2,1-3H3. The lowest BCUT2D eigenvalue weighted by molar-refractivity contribution is 0.275. The van der Waals surface area contributed by atoms with Crippen molar-refractivity contribution in [2.45, 2.75) is 46.0 Å². The number of aliphatic hydroxyl groups excluding tert-OH is 1. The van der Waals surface area contributed by atoms with Crippen molar-refractivity contribution < 1.29 is 9.50 Å². The summed E-state index contributed by atoms with van der Waals surface area (Å²) in [6.07, 6.45) is 3.90. The van der Waals surface area contributed by atoms with Crippen LogP contribution in [0.3, 0.4) is 0 Å². The lowest BCUT2D eigenvalue weighted by Gasteiger charge is -2.13. The van der Waals surface area contributed by atoms with Gasteiger partial charge in [-0.25, -0.2) is 4.39 Å². The topological polar surface area (TPSA) is 50.1 Å². The van der Waals surface area contributed by atoms with Crippen LogP contribution in [0.5, 0.6) is 0 Å². The van der Waals surface area contributed by atoms with Crippen molar-refractivity contribution in [1.82, 2.24) is 15.1 Å². The Balaban J connectivity index is 1.98. The van der Waals surface area contributed by atoms with Crippen molar-refractivity contribution in [2.75, 3.05) is 0 Å². The van der Waals surface area contributed by atoms with Crippen molar-refractivity contribution in [3.8, 4) is 0 Å². The first-order chi connectivity index (χ1) is 10.0. The minimum atomic E-state index is -0.368. The smallest absolute Gasteiger partial charge is 0.128 e. The first kappa shape index (κ1) is 15.7. The normalized spacial score (nSPS) is 12.9. The summed E-state index contributed by atoms with van der Waals surface area (Å²) in [6.45, 7) is 6.57. The van der Waals surface area contributed by atoms with Crippen LogP contribution in [-0.2, 0) is 13.2 Å². The third kappa shape index (κ3) is 3.89. The van der Waals surface area contributed by atoms with Crippen LogP contribution >= 0.6 is 0 Å². The molecule has 2 rings (SSSR count). The van der Waals surface area contributed by atoms with Crippen molar-refractivity contribution in [2.24, 2.45) is 0 Å². The molecule has 0 amide bonds. The van der Waals surface area contributed by atoms with Crippen LogP contribution < -0.4 is 5.32 Å². The van der Waals surface area contributed by atoms with Crippen molar-refractivity contribution in [3.63, 3.8) is 0 Å². The van der Waals surface area contributed by atoms with Crippen molar-refractivity contribution >= 4 is 0 Å². The van der Waals surface area contributed by atoms with Gasteiger partial charge in [0.15, 0.2) is 0 Å². The molecule has 0 saturated carbocycles. The van der Waals surface area contributed by atoms with Crippen molar-refractivity contribution in [3.05, 3.63) is 53.1 Å². The molecule has 1 aromatic carbocycles. The predicted molar refractivity (Wildman–Crippen MR) is 80.2 cm³/mol. The molecule has 1 aromatic heterocycles. The van der Waals surface area contributed by atoms with Crippen LogP contribution in [0.15, 0.2) is 30.6 Å².